The topological polar surface area (TPSA) is 78.9 Å². The van der Waals surface area contributed by atoms with Gasteiger partial charge in [0.1, 0.15) is 10.6 Å². The molecule has 29 heavy (non-hydrogen) atoms. The van der Waals surface area contributed by atoms with Gasteiger partial charge in [0.25, 0.3) is 0 Å². The van der Waals surface area contributed by atoms with E-state index in [2.05, 4.69) is 27.5 Å². The molecule has 0 saturated carbocycles. The maximum Gasteiger partial charge on any atom is 0.410 e. The SMILES string of the molecule is CCNC(=NCc1nc(C)c(C)s1)NCC1CCCCN1C(=O)OC(C)(C)C.I. The zero-order chi connectivity index (χ0) is 20.7. The second kappa shape index (κ2) is 11.9. The molecule has 1 aromatic heterocycles. The lowest BCUT2D eigenvalue weighted by molar-refractivity contribution is 0.0104. The van der Waals surface area contributed by atoms with Crippen LogP contribution >= 0.6 is 35.3 Å². The largest absolute Gasteiger partial charge is 0.444 e. The van der Waals surface area contributed by atoms with E-state index in [-0.39, 0.29) is 36.1 Å². The van der Waals surface area contributed by atoms with Crippen LogP contribution in [0.25, 0.3) is 0 Å². The molecule has 0 bridgehead atoms. The third-order valence-corrected chi connectivity index (χ3v) is 5.61. The van der Waals surface area contributed by atoms with E-state index in [1.807, 2.05) is 39.5 Å². The van der Waals surface area contributed by atoms with Crippen LogP contribution in [0.1, 0.15) is 62.5 Å². The molecule has 2 rings (SSSR count). The zero-order valence-corrected chi connectivity index (χ0v) is 21.6. The predicted octanol–water partition coefficient (Wildman–Crippen LogP) is 4.22. The molecule has 0 aliphatic carbocycles. The number of rotatable bonds is 5. The van der Waals surface area contributed by atoms with E-state index in [1.165, 1.54) is 4.88 Å². The van der Waals surface area contributed by atoms with E-state index in [4.69, 9.17) is 4.74 Å². The smallest absolute Gasteiger partial charge is 0.410 e. The van der Waals surface area contributed by atoms with Gasteiger partial charge in [0.05, 0.1) is 18.3 Å². The number of guanidine groups is 1. The van der Waals surface area contributed by atoms with Crippen molar-refractivity contribution in [2.45, 2.75) is 79.0 Å². The summed E-state index contributed by atoms with van der Waals surface area (Å²) in [6.45, 7) is 14.6. The summed E-state index contributed by atoms with van der Waals surface area (Å²) in [7, 11) is 0. The number of hydrogen-bond donors (Lipinski definition) is 2. The number of halogens is 1. The van der Waals surface area contributed by atoms with Crippen molar-refractivity contribution in [1.82, 2.24) is 20.5 Å². The van der Waals surface area contributed by atoms with Crippen molar-refractivity contribution in [1.29, 1.82) is 0 Å². The van der Waals surface area contributed by atoms with Crippen LogP contribution in [0.15, 0.2) is 4.99 Å². The van der Waals surface area contributed by atoms with Crippen molar-refractivity contribution in [2.75, 3.05) is 19.6 Å². The highest BCUT2D eigenvalue weighted by Gasteiger charge is 2.30. The fraction of sp³-hybridized carbons (Fsp3) is 0.750. The van der Waals surface area contributed by atoms with Crippen molar-refractivity contribution in [3.05, 3.63) is 15.6 Å². The second-order valence-electron chi connectivity index (χ2n) is 8.15. The summed E-state index contributed by atoms with van der Waals surface area (Å²) in [6, 6.07) is 0.108. The Hall–Kier alpha value is -1.10. The minimum atomic E-state index is -0.479. The van der Waals surface area contributed by atoms with Gasteiger partial charge in [0.15, 0.2) is 5.96 Å². The standard InChI is InChI=1S/C20H35N5O2S.HI/c1-7-21-18(23-13-17-24-14(2)15(3)28-17)22-12-16-10-8-9-11-25(16)19(26)27-20(4,5)6;/h16H,7-13H2,1-6H3,(H2,21,22,23);1H. The molecule has 1 aliphatic heterocycles. The number of aromatic nitrogens is 1. The lowest BCUT2D eigenvalue weighted by Gasteiger charge is -2.37. The fourth-order valence-corrected chi connectivity index (χ4v) is 3.94. The number of aryl methyl sites for hydroxylation is 2. The van der Waals surface area contributed by atoms with Crippen LogP contribution in [0.4, 0.5) is 4.79 Å². The van der Waals surface area contributed by atoms with E-state index in [9.17, 15) is 4.79 Å². The molecule has 1 aromatic rings. The molecule has 1 fully saturated rings. The molecule has 0 radical (unpaired) electrons. The Morgan fingerprint density at radius 1 is 1.31 bits per heavy atom. The number of amides is 1. The molecule has 1 aliphatic rings. The van der Waals surface area contributed by atoms with Gasteiger partial charge in [-0.15, -0.1) is 35.3 Å². The molecule has 7 nitrogen and oxygen atoms in total. The highest BCUT2D eigenvalue weighted by Crippen LogP contribution is 2.20. The molecule has 9 heteroatoms. The number of carbonyl (C=O) groups excluding carboxylic acids is 1. The molecule has 2 heterocycles. The molecule has 0 spiro atoms. The van der Waals surface area contributed by atoms with E-state index < -0.39 is 5.60 Å². The Morgan fingerprint density at radius 2 is 2.03 bits per heavy atom. The van der Waals surface area contributed by atoms with Gasteiger partial charge in [-0.2, -0.15) is 0 Å². The Morgan fingerprint density at radius 3 is 2.62 bits per heavy atom. The van der Waals surface area contributed by atoms with Gasteiger partial charge in [-0.3, -0.25) is 0 Å². The number of nitrogens with one attached hydrogen (secondary N) is 2. The van der Waals surface area contributed by atoms with Crippen molar-refractivity contribution in [2.24, 2.45) is 4.99 Å². The molecule has 2 N–H and O–H groups in total. The second-order valence-corrected chi connectivity index (χ2v) is 9.44. The Bertz CT molecular complexity index is 667. The van der Waals surface area contributed by atoms with Crippen molar-refractivity contribution >= 4 is 47.4 Å². The first-order chi connectivity index (χ1) is 13.2. The minimum absolute atomic E-state index is 0. The molecule has 0 aromatic carbocycles. The summed E-state index contributed by atoms with van der Waals surface area (Å²) in [6.07, 6.45) is 2.88. The van der Waals surface area contributed by atoms with Gasteiger partial charge >= 0.3 is 6.09 Å². The summed E-state index contributed by atoms with van der Waals surface area (Å²) in [5.41, 5.74) is 0.593. The average Bonchev–Trinajstić information content (AvgIpc) is 2.94. The van der Waals surface area contributed by atoms with Gasteiger partial charge in [-0.05, 0) is 60.8 Å². The normalized spacial score (nSPS) is 17.5. The minimum Gasteiger partial charge on any atom is -0.444 e. The molecule has 1 unspecified atom stereocenters. The number of aliphatic imine (C=N–C) groups is 1. The first kappa shape index (κ1) is 25.9. The van der Waals surface area contributed by atoms with Gasteiger partial charge in [0.2, 0.25) is 0 Å². The Balaban J connectivity index is 0.00000420. The van der Waals surface area contributed by atoms with E-state index in [1.54, 1.807) is 11.3 Å². The lowest BCUT2D eigenvalue weighted by Crippen LogP contribution is -2.52. The van der Waals surface area contributed by atoms with E-state index in [0.29, 0.717) is 13.1 Å². The molecule has 1 atom stereocenters. The van der Waals surface area contributed by atoms with Gasteiger partial charge < -0.3 is 20.3 Å². The van der Waals surface area contributed by atoms with Crippen molar-refractivity contribution in [3.8, 4) is 0 Å². The number of hydrogen-bond acceptors (Lipinski definition) is 5. The molecule has 1 amide bonds. The Labute approximate surface area is 196 Å². The van der Waals surface area contributed by atoms with Crippen LogP contribution in [0.3, 0.4) is 0 Å². The maximum absolute atomic E-state index is 12.6. The fourth-order valence-electron chi connectivity index (χ4n) is 3.08. The Kier molecular flexibility index (Phi) is 10.7. The number of nitrogens with zero attached hydrogens (tertiary/aromatic N) is 3. The molecular weight excluding hydrogens is 501 g/mol. The van der Waals surface area contributed by atoms with Crippen LogP contribution in [-0.4, -0.2) is 53.2 Å². The number of carbonyl (C=O) groups is 1. The van der Waals surface area contributed by atoms with E-state index in [0.717, 1.165) is 49.0 Å². The first-order valence-electron chi connectivity index (χ1n) is 10.1. The van der Waals surface area contributed by atoms with Gasteiger partial charge in [0, 0.05) is 24.5 Å². The van der Waals surface area contributed by atoms with Crippen molar-refractivity contribution < 1.29 is 9.53 Å². The zero-order valence-electron chi connectivity index (χ0n) is 18.5. The van der Waals surface area contributed by atoms with Crippen LogP contribution in [0.5, 0.6) is 0 Å². The van der Waals surface area contributed by atoms with Crippen LogP contribution in [-0.2, 0) is 11.3 Å². The third kappa shape index (κ3) is 8.65. The van der Waals surface area contributed by atoms with Crippen molar-refractivity contribution in [3.63, 3.8) is 0 Å². The highest BCUT2D eigenvalue weighted by atomic mass is 127. The number of likely N-dealkylation sites (tertiary alicyclic amines) is 1. The molecular formula is C20H36IN5O2S. The maximum atomic E-state index is 12.6. The van der Waals surface area contributed by atoms with Gasteiger partial charge in [-0.25, -0.2) is 14.8 Å². The summed E-state index contributed by atoms with van der Waals surface area (Å²) >= 11 is 1.69. The quantitative estimate of drug-likeness (QED) is 0.334. The summed E-state index contributed by atoms with van der Waals surface area (Å²) in [4.78, 5) is 24.9. The van der Waals surface area contributed by atoms with Crippen LogP contribution in [0.2, 0.25) is 0 Å². The highest BCUT2D eigenvalue weighted by molar-refractivity contribution is 14.0. The summed E-state index contributed by atoms with van der Waals surface area (Å²) in [5.74, 6) is 0.753. The molecule has 166 valence electrons. The number of ether oxygens (including phenoxy) is 1. The predicted molar refractivity (Wildman–Crippen MR) is 130 cm³/mol. The number of piperidine rings is 1. The lowest BCUT2D eigenvalue weighted by atomic mass is 10.0. The average molecular weight is 538 g/mol. The third-order valence-electron chi connectivity index (χ3n) is 4.55. The van der Waals surface area contributed by atoms with Gasteiger partial charge in [-0.1, -0.05) is 0 Å². The summed E-state index contributed by atoms with van der Waals surface area (Å²) in [5, 5.41) is 7.69. The monoisotopic (exact) mass is 537 g/mol. The van der Waals surface area contributed by atoms with Crippen LogP contribution < -0.4 is 10.6 Å². The van der Waals surface area contributed by atoms with E-state index >= 15 is 0 Å². The molecule has 1 saturated heterocycles. The number of thiazole rings is 1. The first-order valence-corrected chi connectivity index (χ1v) is 11.0. The summed E-state index contributed by atoms with van der Waals surface area (Å²) < 4.78 is 5.59. The van der Waals surface area contributed by atoms with Crippen LogP contribution in [0, 0.1) is 13.8 Å².